The molecule has 0 aromatic heterocycles. The lowest BCUT2D eigenvalue weighted by atomic mass is 10.1. The van der Waals surface area contributed by atoms with Crippen LogP contribution in [0.25, 0.3) is 0 Å². The van der Waals surface area contributed by atoms with E-state index in [1.54, 1.807) is 23.1 Å². The van der Waals surface area contributed by atoms with Crippen molar-refractivity contribution in [2.24, 2.45) is 0 Å². The molecule has 0 heterocycles. The number of thioether (sulfide) groups is 1. The number of carbonyl (C=O) groups excluding carboxylic acids is 2. The molecule has 0 radical (unpaired) electrons. The molecule has 0 fully saturated rings. The van der Waals surface area contributed by atoms with Gasteiger partial charge in [0.25, 0.3) is 0 Å². The van der Waals surface area contributed by atoms with Crippen LogP contribution in [0.3, 0.4) is 0 Å². The van der Waals surface area contributed by atoms with Crippen molar-refractivity contribution in [2.75, 3.05) is 12.3 Å². The van der Waals surface area contributed by atoms with Crippen molar-refractivity contribution >= 4 is 46.8 Å². The first-order valence-corrected chi connectivity index (χ1v) is 11.9. The minimum Gasteiger partial charge on any atom is -0.355 e. The monoisotopic (exact) mass is 466 g/mol. The van der Waals surface area contributed by atoms with E-state index < -0.39 is 6.04 Å². The lowest BCUT2D eigenvalue weighted by Crippen LogP contribution is -2.49. The quantitative estimate of drug-likeness (QED) is 0.504. The van der Waals surface area contributed by atoms with Crippen LogP contribution in [-0.2, 0) is 21.9 Å². The first-order chi connectivity index (χ1) is 14.4. The van der Waals surface area contributed by atoms with Gasteiger partial charge in [-0.15, -0.1) is 11.8 Å². The summed E-state index contributed by atoms with van der Waals surface area (Å²) in [5.41, 5.74) is 2.97. The van der Waals surface area contributed by atoms with E-state index in [2.05, 4.69) is 5.32 Å². The summed E-state index contributed by atoms with van der Waals surface area (Å²) in [5, 5.41) is 4.03. The summed E-state index contributed by atoms with van der Waals surface area (Å²) in [6.07, 6.45) is 0.546. The molecule has 30 heavy (non-hydrogen) atoms. The summed E-state index contributed by atoms with van der Waals surface area (Å²) in [6.45, 7) is 6.74. The summed E-state index contributed by atoms with van der Waals surface area (Å²) in [5.74, 6) is 0.561. The Labute approximate surface area is 193 Å². The van der Waals surface area contributed by atoms with Crippen LogP contribution in [0.2, 0.25) is 10.0 Å². The van der Waals surface area contributed by atoms with E-state index in [0.717, 1.165) is 16.7 Å². The van der Waals surface area contributed by atoms with E-state index in [0.29, 0.717) is 35.3 Å². The highest BCUT2D eigenvalue weighted by Crippen LogP contribution is 2.28. The standard InChI is InChI=1S/C23H28Cl2N2O2S/c1-4-21(23(29)26-5-2)27(13-17-11-9-16(3)10-12-17)22(28)15-30-14-18-19(24)7-6-8-20(18)25/h6-12,21H,4-5,13-15H2,1-3H3,(H,26,29). The van der Waals surface area contributed by atoms with Crippen LogP contribution in [0.1, 0.15) is 37.0 Å². The number of benzene rings is 2. The third kappa shape index (κ3) is 6.93. The number of rotatable bonds is 10. The van der Waals surface area contributed by atoms with Gasteiger partial charge in [-0.2, -0.15) is 0 Å². The van der Waals surface area contributed by atoms with Crippen molar-refractivity contribution in [1.82, 2.24) is 10.2 Å². The molecule has 0 aliphatic heterocycles. The second-order valence-electron chi connectivity index (χ2n) is 7.02. The molecule has 0 aliphatic rings. The SMILES string of the molecule is CCNC(=O)C(CC)N(Cc1ccc(C)cc1)C(=O)CSCc1c(Cl)cccc1Cl. The van der Waals surface area contributed by atoms with E-state index in [4.69, 9.17) is 23.2 Å². The number of likely N-dealkylation sites (N-methyl/N-ethyl adjacent to an activating group) is 1. The lowest BCUT2D eigenvalue weighted by molar-refractivity contribution is -0.139. The summed E-state index contributed by atoms with van der Waals surface area (Å²) in [4.78, 5) is 27.4. The molecule has 0 aliphatic carbocycles. The van der Waals surface area contributed by atoms with Crippen LogP contribution in [0.5, 0.6) is 0 Å². The average molecular weight is 467 g/mol. The topological polar surface area (TPSA) is 49.4 Å². The Balaban J connectivity index is 2.14. The third-order valence-corrected chi connectivity index (χ3v) is 6.40. The minimum absolute atomic E-state index is 0.0816. The maximum absolute atomic E-state index is 13.1. The largest absolute Gasteiger partial charge is 0.355 e. The van der Waals surface area contributed by atoms with Crippen LogP contribution >= 0.6 is 35.0 Å². The fraction of sp³-hybridized carbons (Fsp3) is 0.391. The number of nitrogens with one attached hydrogen (secondary N) is 1. The first kappa shape index (κ1) is 24.6. The highest BCUT2D eigenvalue weighted by molar-refractivity contribution is 7.99. The maximum Gasteiger partial charge on any atom is 0.242 e. The predicted molar refractivity (Wildman–Crippen MR) is 127 cm³/mol. The summed E-state index contributed by atoms with van der Waals surface area (Å²) < 4.78 is 0. The van der Waals surface area contributed by atoms with Gasteiger partial charge in [-0.25, -0.2) is 0 Å². The molecule has 2 rings (SSSR count). The molecule has 0 saturated heterocycles. The van der Waals surface area contributed by atoms with Gasteiger partial charge >= 0.3 is 0 Å². The van der Waals surface area contributed by atoms with Crippen LogP contribution < -0.4 is 5.32 Å². The number of hydrogen-bond acceptors (Lipinski definition) is 3. The van der Waals surface area contributed by atoms with Crippen LogP contribution in [-0.4, -0.2) is 35.1 Å². The third-order valence-electron chi connectivity index (χ3n) is 4.74. The first-order valence-electron chi connectivity index (χ1n) is 10.0. The predicted octanol–water partition coefficient (Wildman–Crippen LogP) is 5.48. The lowest BCUT2D eigenvalue weighted by Gasteiger charge is -2.30. The Bertz CT molecular complexity index is 839. The van der Waals surface area contributed by atoms with Crippen LogP contribution in [0, 0.1) is 6.92 Å². The van der Waals surface area contributed by atoms with Gasteiger partial charge in [0.15, 0.2) is 0 Å². The normalized spacial score (nSPS) is 11.8. The Hall–Kier alpha value is -1.69. The Morgan fingerprint density at radius 2 is 1.70 bits per heavy atom. The van der Waals surface area contributed by atoms with Gasteiger partial charge in [-0.05, 0) is 43.5 Å². The molecule has 7 heteroatoms. The molecule has 2 amide bonds. The van der Waals surface area contributed by atoms with Crippen molar-refractivity contribution in [2.45, 2.75) is 45.5 Å². The van der Waals surface area contributed by atoms with Gasteiger partial charge in [0.05, 0.1) is 5.75 Å². The van der Waals surface area contributed by atoms with Crippen LogP contribution in [0.4, 0.5) is 0 Å². The number of carbonyl (C=O) groups is 2. The zero-order valence-electron chi connectivity index (χ0n) is 17.6. The summed E-state index contributed by atoms with van der Waals surface area (Å²) >= 11 is 13.9. The second-order valence-corrected chi connectivity index (χ2v) is 8.82. The molecule has 1 unspecified atom stereocenters. The molecule has 2 aromatic rings. The second kappa shape index (κ2) is 12.2. The molecule has 0 saturated carbocycles. The number of aryl methyl sites for hydroxylation is 1. The minimum atomic E-state index is -0.511. The van der Waals surface area contributed by atoms with E-state index in [-0.39, 0.29) is 17.6 Å². The molecule has 1 N–H and O–H groups in total. The maximum atomic E-state index is 13.1. The zero-order valence-corrected chi connectivity index (χ0v) is 19.9. The van der Waals surface area contributed by atoms with E-state index in [1.165, 1.54) is 11.8 Å². The van der Waals surface area contributed by atoms with Gasteiger partial charge < -0.3 is 10.2 Å². The molecule has 2 aromatic carbocycles. The highest BCUT2D eigenvalue weighted by atomic mass is 35.5. The molecular formula is C23H28Cl2N2O2S. The van der Waals surface area contributed by atoms with Gasteiger partial charge in [0, 0.05) is 28.9 Å². The number of nitrogens with zero attached hydrogens (tertiary/aromatic N) is 1. The van der Waals surface area contributed by atoms with Gasteiger partial charge in [-0.3, -0.25) is 9.59 Å². The van der Waals surface area contributed by atoms with Crippen molar-refractivity contribution < 1.29 is 9.59 Å². The Kier molecular flexibility index (Phi) is 10.0. The number of halogens is 2. The van der Waals surface area contributed by atoms with Crippen LogP contribution in [0.15, 0.2) is 42.5 Å². The average Bonchev–Trinajstić information content (AvgIpc) is 2.71. The summed E-state index contributed by atoms with van der Waals surface area (Å²) in [7, 11) is 0. The highest BCUT2D eigenvalue weighted by Gasteiger charge is 2.28. The van der Waals surface area contributed by atoms with Crippen molar-refractivity contribution in [3.05, 3.63) is 69.2 Å². The molecule has 1 atom stereocenters. The fourth-order valence-corrected chi connectivity index (χ4v) is 4.74. The molecule has 162 valence electrons. The molecular weight excluding hydrogens is 439 g/mol. The number of amides is 2. The fourth-order valence-electron chi connectivity index (χ4n) is 3.10. The Morgan fingerprint density at radius 1 is 1.07 bits per heavy atom. The van der Waals surface area contributed by atoms with Crippen molar-refractivity contribution in [3.63, 3.8) is 0 Å². The zero-order chi connectivity index (χ0) is 22.1. The van der Waals surface area contributed by atoms with Crippen molar-refractivity contribution in [1.29, 1.82) is 0 Å². The van der Waals surface area contributed by atoms with Crippen molar-refractivity contribution in [3.8, 4) is 0 Å². The van der Waals surface area contributed by atoms with Gasteiger partial charge in [-0.1, -0.05) is 66.0 Å². The molecule has 0 bridgehead atoms. The molecule has 0 spiro atoms. The Morgan fingerprint density at radius 3 is 2.27 bits per heavy atom. The number of hydrogen-bond donors (Lipinski definition) is 1. The van der Waals surface area contributed by atoms with E-state index in [9.17, 15) is 9.59 Å². The van der Waals surface area contributed by atoms with E-state index in [1.807, 2.05) is 45.0 Å². The summed E-state index contributed by atoms with van der Waals surface area (Å²) in [6, 6.07) is 12.9. The van der Waals surface area contributed by atoms with Gasteiger partial charge in [0.1, 0.15) is 6.04 Å². The van der Waals surface area contributed by atoms with E-state index >= 15 is 0 Å². The molecule has 4 nitrogen and oxygen atoms in total. The van der Waals surface area contributed by atoms with Gasteiger partial charge in [0.2, 0.25) is 11.8 Å². The smallest absolute Gasteiger partial charge is 0.242 e.